The number of phenols is 1. The van der Waals surface area contributed by atoms with Crippen LogP contribution in [0.2, 0.25) is 0 Å². The smallest absolute Gasteiger partial charge is 0.232 e. The lowest BCUT2D eigenvalue weighted by molar-refractivity contribution is -0.00542. The Morgan fingerprint density at radius 3 is 2.71 bits per heavy atom. The SMILES string of the molecule is COC1=CC(=O)c2cc3c(c(O)c2C1=O)C[C@@H](C)O[C@@H]3C. The number of ether oxygens (including phenoxy) is 2. The molecular weight excluding hydrogens is 272 g/mol. The summed E-state index contributed by atoms with van der Waals surface area (Å²) in [5.74, 6) is -0.967. The Balaban J connectivity index is 2.25. The molecule has 0 saturated carbocycles. The van der Waals surface area contributed by atoms with Gasteiger partial charge in [0.25, 0.3) is 0 Å². The number of aromatic hydroxyl groups is 1. The van der Waals surface area contributed by atoms with E-state index in [2.05, 4.69) is 0 Å². The van der Waals surface area contributed by atoms with Gasteiger partial charge in [-0.2, -0.15) is 0 Å². The summed E-state index contributed by atoms with van der Waals surface area (Å²) in [6.07, 6.45) is 1.39. The topological polar surface area (TPSA) is 72.8 Å². The molecule has 110 valence electrons. The predicted molar refractivity (Wildman–Crippen MR) is 74.5 cm³/mol. The van der Waals surface area contributed by atoms with Crippen LogP contribution in [0.4, 0.5) is 0 Å². The molecule has 0 aromatic heterocycles. The summed E-state index contributed by atoms with van der Waals surface area (Å²) in [5, 5.41) is 10.5. The van der Waals surface area contributed by atoms with Gasteiger partial charge in [0.1, 0.15) is 5.75 Å². The van der Waals surface area contributed by atoms with Crippen LogP contribution < -0.4 is 0 Å². The Hall–Kier alpha value is -2.14. The van der Waals surface area contributed by atoms with Crippen LogP contribution in [0.25, 0.3) is 0 Å². The van der Waals surface area contributed by atoms with Gasteiger partial charge < -0.3 is 14.6 Å². The van der Waals surface area contributed by atoms with E-state index in [0.29, 0.717) is 12.0 Å². The zero-order valence-electron chi connectivity index (χ0n) is 12.1. The number of rotatable bonds is 1. The monoisotopic (exact) mass is 288 g/mol. The molecule has 0 fully saturated rings. The highest BCUT2D eigenvalue weighted by Gasteiger charge is 2.35. The van der Waals surface area contributed by atoms with Crippen LogP contribution in [0.15, 0.2) is 17.9 Å². The highest BCUT2D eigenvalue weighted by atomic mass is 16.5. The number of hydrogen-bond acceptors (Lipinski definition) is 5. The molecule has 0 unspecified atom stereocenters. The zero-order chi connectivity index (χ0) is 15.3. The molecule has 0 amide bonds. The molecule has 5 heteroatoms. The van der Waals surface area contributed by atoms with Crippen molar-refractivity contribution < 1.29 is 24.2 Å². The van der Waals surface area contributed by atoms with Gasteiger partial charge in [0.2, 0.25) is 5.78 Å². The third-order valence-corrected chi connectivity index (χ3v) is 4.00. The average Bonchev–Trinajstić information content (AvgIpc) is 2.43. The fourth-order valence-corrected chi connectivity index (χ4v) is 3.03. The minimum atomic E-state index is -0.459. The Labute approximate surface area is 122 Å². The van der Waals surface area contributed by atoms with Gasteiger partial charge in [-0.1, -0.05) is 0 Å². The van der Waals surface area contributed by atoms with Crippen molar-refractivity contribution in [1.29, 1.82) is 0 Å². The van der Waals surface area contributed by atoms with E-state index in [4.69, 9.17) is 9.47 Å². The van der Waals surface area contributed by atoms with Gasteiger partial charge in [-0.25, -0.2) is 0 Å². The normalized spacial score (nSPS) is 24.2. The fraction of sp³-hybridized carbons (Fsp3) is 0.375. The van der Waals surface area contributed by atoms with Gasteiger partial charge in [-0.3, -0.25) is 9.59 Å². The number of carbonyl (C=O) groups excluding carboxylic acids is 2. The number of benzene rings is 1. The fourth-order valence-electron chi connectivity index (χ4n) is 3.03. The van der Waals surface area contributed by atoms with Crippen molar-refractivity contribution in [3.8, 4) is 5.75 Å². The molecule has 2 aliphatic rings. The molecule has 0 radical (unpaired) electrons. The van der Waals surface area contributed by atoms with E-state index >= 15 is 0 Å². The summed E-state index contributed by atoms with van der Waals surface area (Å²) in [7, 11) is 1.33. The van der Waals surface area contributed by atoms with Crippen molar-refractivity contribution in [2.45, 2.75) is 32.5 Å². The number of phenolic OH excluding ortho intramolecular Hbond substituents is 1. The molecule has 0 bridgehead atoms. The van der Waals surface area contributed by atoms with Crippen molar-refractivity contribution in [2.75, 3.05) is 7.11 Å². The molecule has 2 atom stereocenters. The largest absolute Gasteiger partial charge is 0.507 e. The highest BCUT2D eigenvalue weighted by molar-refractivity contribution is 6.25. The summed E-state index contributed by atoms with van der Waals surface area (Å²) < 4.78 is 10.6. The molecule has 1 heterocycles. The number of methoxy groups -OCH3 is 1. The van der Waals surface area contributed by atoms with E-state index in [-0.39, 0.29) is 40.6 Å². The van der Waals surface area contributed by atoms with Gasteiger partial charge in [-0.05, 0) is 25.5 Å². The van der Waals surface area contributed by atoms with E-state index in [1.807, 2.05) is 13.8 Å². The van der Waals surface area contributed by atoms with Crippen molar-refractivity contribution >= 4 is 11.6 Å². The van der Waals surface area contributed by atoms with Crippen LogP contribution in [0, 0.1) is 0 Å². The summed E-state index contributed by atoms with van der Waals surface area (Å²) >= 11 is 0. The molecule has 1 aliphatic carbocycles. The summed E-state index contributed by atoms with van der Waals surface area (Å²) in [4.78, 5) is 24.5. The lowest BCUT2D eigenvalue weighted by atomic mass is 9.84. The summed E-state index contributed by atoms with van der Waals surface area (Å²) in [6.45, 7) is 3.78. The van der Waals surface area contributed by atoms with E-state index in [1.165, 1.54) is 7.11 Å². The molecule has 1 N–H and O–H groups in total. The number of ketones is 2. The van der Waals surface area contributed by atoms with E-state index in [9.17, 15) is 14.7 Å². The second kappa shape index (κ2) is 4.70. The van der Waals surface area contributed by atoms with Gasteiger partial charge in [0.15, 0.2) is 11.5 Å². The summed E-state index contributed by atoms with van der Waals surface area (Å²) in [5.41, 5.74) is 1.69. The minimum Gasteiger partial charge on any atom is -0.507 e. The molecule has 21 heavy (non-hydrogen) atoms. The number of fused-ring (bicyclic) bond motifs is 2. The Morgan fingerprint density at radius 2 is 2.05 bits per heavy atom. The third kappa shape index (κ3) is 1.96. The lowest BCUT2D eigenvalue weighted by Crippen LogP contribution is -2.26. The molecule has 0 saturated heterocycles. The molecule has 1 aliphatic heterocycles. The quantitative estimate of drug-likeness (QED) is 0.858. The maximum atomic E-state index is 12.3. The van der Waals surface area contributed by atoms with Gasteiger partial charge in [0, 0.05) is 23.6 Å². The van der Waals surface area contributed by atoms with Crippen LogP contribution in [0.3, 0.4) is 0 Å². The lowest BCUT2D eigenvalue weighted by Gasteiger charge is -2.30. The predicted octanol–water partition coefficient (Wildman–Crippen LogP) is 2.32. The summed E-state index contributed by atoms with van der Waals surface area (Å²) in [6, 6.07) is 1.66. The Kier molecular flexibility index (Phi) is 3.10. The van der Waals surface area contributed by atoms with Crippen LogP contribution in [-0.4, -0.2) is 29.9 Å². The van der Waals surface area contributed by atoms with Crippen LogP contribution >= 0.6 is 0 Å². The standard InChI is InChI=1S/C16H16O5/c1-7-4-10-9(8(2)21-7)5-11-12(17)6-13(20-3)16(19)14(11)15(10)18/h5-8,18H,4H2,1-3H3/t7-,8-/m1/s1. The number of Topliss-reactive ketones (excluding diaryl/α,β-unsaturated/α-hetero) is 1. The van der Waals surface area contributed by atoms with Crippen molar-refractivity contribution in [3.05, 3.63) is 40.2 Å². The van der Waals surface area contributed by atoms with E-state index in [1.54, 1.807) is 6.07 Å². The van der Waals surface area contributed by atoms with E-state index in [0.717, 1.165) is 11.6 Å². The van der Waals surface area contributed by atoms with Gasteiger partial charge >= 0.3 is 0 Å². The van der Waals surface area contributed by atoms with Crippen molar-refractivity contribution in [3.63, 3.8) is 0 Å². The number of hydrogen-bond donors (Lipinski definition) is 1. The number of carbonyl (C=O) groups is 2. The molecule has 0 spiro atoms. The molecular formula is C16H16O5. The van der Waals surface area contributed by atoms with Crippen molar-refractivity contribution in [1.82, 2.24) is 0 Å². The zero-order valence-corrected chi connectivity index (χ0v) is 12.1. The maximum absolute atomic E-state index is 12.3. The van der Waals surface area contributed by atoms with Crippen molar-refractivity contribution in [2.24, 2.45) is 0 Å². The molecule has 5 nitrogen and oxygen atoms in total. The van der Waals surface area contributed by atoms with Gasteiger partial charge in [-0.15, -0.1) is 0 Å². The minimum absolute atomic E-state index is 0.0411. The van der Waals surface area contributed by atoms with Crippen LogP contribution in [0.5, 0.6) is 5.75 Å². The molecule has 1 aromatic carbocycles. The third-order valence-electron chi connectivity index (χ3n) is 4.00. The first-order valence-electron chi connectivity index (χ1n) is 6.83. The Morgan fingerprint density at radius 1 is 1.33 bits per heavy atom. The number of allylic oxidation sites excluding steroid dienone is 2. The first-order valence-corrected chi connectivity index (χ1v) is 6.83. The Bertz CT molecular complexity index is 686. The second-order valence-electron chi connectivity index (χ2n) is 5.41. The van der Waals surface area contributed by atoms with Gasteiger partial charge in [0.05, 0.1) is 24.9 Å². The van der Waals surface area contributed by atoms with E-state index < -0.39 is 5.78 Å². The van der Waals surface area contributed by atoms with Crippen LogP contribution in [0.1, 0.15) is 51.8 Å². The first kappa shape index (κ1) is 13.8. The molecule has 1 aromatic rings. The average molecular weight is 288 g/mol. The first-order chi connectivity index (χ1) is 9.93. The van der Waals surface area contributed by atoms with Crippen LogP contribution in [-0.2, 0) is 15.9 Å². The maximum Gasteiger partial charge on any atom is 0.232 e. The second-order valence-corrected chi connectivity index (χ2v) is 5.41. The highest BCUT2D eigenvalue weighted by Crippen LogP contribution is 2.41. The molecule has 3 rings (SSSR count).